The number of nitrogens with one attached hydrogen (secondary N) is 1. The smallest absolute Gasteiger partial charge is 0.0945 e. The third-order valence-electron chi connectivity index (χ3n) is 3.92. The molecular weight excluding hydrogens is 266 g/mol. The van der Waals surface area contributed by atoms with Crippen molar-refractivity contribution in [1.29, 1.82) is 0 Å². The molecule has 1 aliphatic rings. The molecular formula is C17H27NO3. The fourth-order valence-corrected chi connectivity index (χ4v) is 2.74. The van der Waals surface area contributed by atoms with Gasteiger partial charge >= 0.3 is 0 Å². The molecule has 1 aromatic rings. The highest BCUT2D eigenvalue weighted by atomic mass is 16.5. The predicted molar refractivity (Wildman–Crippen MR) is 84.5 cm³/mol. The van der Waals surface area contributed by atoms with Gasteiger partial charge in [0.25, 0.3) is 0 Å². The molecule has 0 amide bonds. The Kier molecular flexibility index (Phi) is 7.00. The van der Waals surface area contributed by atoms with Crippen LogP contribution in [-0.2, 0) is 16.1 Å². The molecule has 1 unspecified atom stereocenters. The van der Waals surface area contributed by atoms with E-state index in [0.29, 0.717) is 25.9 Å². The van der Waals surface area contributed by atoms with Gasteiger partial charge in [-0.25, -0.2) is 0 Å². The Balaban J connectivity index is 1.71. The van der Waals surface area contributed by atoms with Gasteiger partial charge in [-0.15, -0.1) is 0 Å². The normalized spacial score (nSPS) is 17.6. The minimum atomic E-state index is -0.484. The first-order valence-electron chi connectivity index (χ1n) is 7.90. The summed E-state index contributed by atoms with van der Waals surface area (Å²) in [7, 11) is 1.68. The summed E-state index contributed by atoms with van der Waals surface area (Å²) in [5.41, 5.74) is 2.11. The lowest BCUT2D eigenvalue weighted by molar-refractivity contribution is -0.0195. The number of benzene rings is 1. The summed E-state index contributed by atoms with van der Waals surface area (Å²) in [6.45, 7) is 1.47. The zero-order valence-electron chi connectivity index (χ0n) is 12.9. The summed E-state index contributed by atoms with van der Waals surface area (Å²) < 4.78 is 11.0. The molecule has 2 N–H and O–H groups in total. The number of para-hydroxylation sites is 1. The van der Waals surface area contributed by atoms with Gasteiger partial charge in [-0.2, -0.15) is 0 Å². The first-order chi connectivity index (χ1) is 10.3. The van der Waals surface area contributed by atoms with E-state index in [0.717, 1.165) is 24.1 Å². The van der Waals surface area contributed by atoms with Gasteiger partial charge in [0.05, 0.1) is 25.4 Å². The Bertz CT molecular complexity index is 405. The maximum atomic E-state index is 10.0. The Morgan fingerprint density at radius 2 is 2.00 bits per heavy atom. The van der Waals surface area contributed by atoms with Crippen LogP contribution in [0.4, 0.5) is 5.69 Å². The van der Waals surface area contributed by atoms with Crippen LogP contribution in [-0.4, -0.2) is 37.6 Å². The first-order valence-corrected chi connectivity index (χ1v) is 7.90. The molecule has 1 saturated carbocycles. The average Bonchev–Trinajstić information content (AvgIpc) is 2.53. The van der Waals surface area contributed by atoms with E-state index in [1.807, 2.05) is 24.3 Å². The van der Waals surface area contributed by atoms with Gasteiger partial charge in [-0.3, -0.25) is 0 Å². The highest BCUT2D eigenvalue weighted by Crippen LogP contribution is 2.20. The number of hydrogen-bond donors (Lipinski definition) is 2. The Morgan fingerprint density at radius 1 is 1.24 bits per heavy atom. The van der Waals surface area contributed by atoms with E-state index in [4.69, 9.17) is 9.47 Å². The lowest BCUT2D eigenvalue weighted by Crippen LogP contribution is -2.28. The molecule has 118 valence electrons. The zero-order chi connectivity index (χ0) is 14.9. The number of hydrogen-bond acceptors (Lipinski definition) is 4. The number of aliphatic hydroxyl groups excluding tert-OH is 1. The number of ether oxygens (including phenoxy) is 2. The van der Waals surface area contributed by atoms with Crippen molar-refractivity contribution in [2.24, 2.45) is 0 Å². The highest BCUT2D eigenvalue weighted by Gasteiger charge is 2.15. The molecule has 0 saturated heterocycles. The van der Waals surface area contributed by atoms with Gasteiger partial charge in [0.1, 0.15) is 0 Å². The van der Waals surface area contributed by atoms with Crippen molar-refractivity contribution in [3.8, 4) is 0 Å². The molecule has 1 atom stereocenters. The van der Waals surface area contributed by atoms with Crippen LogP contribution >= 0.6 is 0 Å². The fourth-order valence-electron chi connectivity index (χ4n) is 2.74. The van der Waals surface area contributed by atoms with Crippen LogP contribution in [0.3, 0.4) is 0 Å². The third-order valence-corrected chi connectivity index (χ3v) is 3.92. The minimum absolute atomic E-state index is 0.342. The number of anilines is 1. The molecule has 0 heterocycles. The van der Waals surface area contributed by atoms with Crippen LogP contribution in [0.15, 0.2) is 24.3 Å². The van der Waals surface area contributed by atoms with Crippen molar-refractivity contribution in [2.75, 3.05) is 25.6 Å². The van der Waals surface area contributed by atoms with Crippen molar-refractivity contribution in [1.82, 2.24) is 0 Å². The van der Waals surface area contributed by atoms with Crippen molar-refractivity contribution in [2.45, 2.75) is 50.9 Å². The van der Waals surface area contributed by atoms with E-state index in [1.54, 1.807) is 7.11 Å². The van der Waals surface area contributed by atoms with Crippen LogP contribution in [0.1, 0.15) is 37.7 Å². The topological polar surface area (TPSA) is 50.7 Å². The molecule has 1 aliphatic carbocycles. The molecule has 2 rings (SSSR count). The number of rotatable bonds is 8. The molecule has 1 aromatic carbocycles. The second-order valence-electron chi connectivity index (χ2n) is 5.72. The highest BCUT2D eigenvalue weighted by molar-refractivity contribution is 5.50. The second-order valence-corrected chi connectivity index (χ2v) is 5.72. The van der Waals surface area contributed by atoms with E-state index < -0.39 is 6.10 Å². The Hall–Kier alpha value is -1.10. The summed E-state index contributed by atoms with van der Waals surface area (Å²) in [5.74, 6) is 0. The summed E-state index contributed by atoms with van der Waals surface area (Å²) >= 11 is 0. The van der Waals surface area contributed by atoms with Crippen molar-refractivity contribution >= 4 is 5.69 Å². The summed E-state index contributed by atoms with van der Waals surface area (Å²) in [4.78, 5) is 0. The number of methoxy groups -OCH3 is 1. The average molecular weight is 293 g/mol. The second kappa shape index (κ2) is 9.03. The Morgan fingerprint density at radius 3 is 2.76 bits per heavy atom. The van der Waals surface area contributed by atoms with Crippen molar-refractivity contribution in [3.05, 3.63) is 29.8 Å². The fraction of sp³-hybridized carbons (Fsp3) is 0.647. The van der Waals surface area contributed by atoms with Crippen LogP contribution in [0.25, 0.3) is 0 Å². The summed E-state index contributed by atoms with van der Waals surface area (Å²) in [6, 6.07) is 7.99. The van der Waals surface area contributed by atoms with Gasteiger partial charge in [-0.1, -0.05) is 37.5 Å². The van der Waals surface area contributed by atoms with Crippen LogP contribution in [0.2, 0.25) is 0 Å². The quantitative estimate of drug-likeness (QED) is 0.774. The molecule has 21 heavy (non-hydrogen) atoms. The third kappa shape index (κ3) is 5.65. The predicted octanol–water partition coefficient (Wildman–Crippen LogP) is 2.96. The maximum absolute atomic E-state index is 10.0. The van der Waals surface area contributed by atoms with Crippen LogP contribution in [0.5, 0.6) is 0 Å². The summed E-state index contributed by atoms with van der Waals surface area (Å²) in [5, 5.41) is 13.3. The first kappa shape index (κ1) is 16.3. The molecule has 4 nitrogen and oxygen atoms in total. The van der Waals surface area contributed by atoms with E-state index in [-0.39, 0.29) is 0 Å². The molecule has 0 bridgehead atoms. The molecule has 4 heteroatoms. The lowest BCUT2D eigenvalue weighted by Gasteiger charge is -2.23. The molecule has 0 spiro atoms. The van der Waals surface area contributed by atoms with Crippen LogP contribution in [0, 0.1) is 0 Å². The lowest BCUT2D eigenvalue weighted by atomic mass is 9.98. The maximum Gasteiger partial charge on any atom is 0.0945 e. The molecule has 0 radical (unpaired) electrons. The monoisotopic (exact) mass is 293 g/mol. The van der Waals surface area contributed by atoms with E-state index in [2.05, 4.69) is 5.32 Å². The number of aliphatic hydroxyl groups is 1. The largest absolute Gasteiger partial charge is 0.389 e. The minimum Gasteiger partial charge on any atom is -0.389 e. The van der Waals surface area contributed by atoms with Crippen molar-refractivity contribution < 1.29 is 14.6 Å². The van der Waals surface area contributed by atoms with Gasteiger partial charge in [0.2, 0.25) is 0 Å². The van der Waals surface area contributed by atoms with Gasteiger partial charge in [0.15, 0.2) is 0 Å². The Labute approximate surface area is 127 Å². The van der Waals surface area contributed by atoms with Crippen molar-refractivity contribution in [3.63, 3.8) is 0 Å². The molecule has 0 aliphatic heterocycles. The standard InChI is InChI=1S/C17H27NO3/c1-20-12-14-7-5-6-10-17(14)18-11-15(19)13-21-16-8-3-2-4-9-16/h5-7,10,15-16,18-19H,2-4,8-9,11-13H2,1H3. The SMILES string of the molecule is COCc1ccccc1NCC(O)COC1CCCCC1. The van der Waals surface area contributed by atoms with Gasteiger partial charge < -0.3 is 19.9 Å². The molecule has 0 aromatic heterocycles. The van der Waals surface area contributed by atoms with Gasteiger partial charge in [0, 0.05) is 24.9 Å². The van der Waals surface area contributed by atoms with Gasteiger partial charge in [-0.05, 0) is 18.9 Å². The van der Waals surface area contributed by atoms with E-state index in [1.165, 1.54) is 19.3 Å². The molecule has 1 fully saturated rings. The zero-order valence-corrected chi connectivity index (χ0v) is 12.9. The van der Waals surface area contributed by atoms with E-state index >= 15 is 0 Å². The van der Waals surface area contributed by atoms with Crippen LogP contribution < -0.4 is 5.32 Å². The van der Waals surface area contributed by atoms with E-state index in [9.17, 15) is 5.11 Å². The summed E-state index contributed by atoms with van der Waals surface area (Å²) in [6.07, 6.45) is 5.96.